The van der Waals surface area contributed by atoms with Crippen molar-refractivity contribution in [2.24, 2.45) is 0 Å². The summed E-state index contributed by atoms with van der Waals surface area (Å²) >= 11 is 0. The van der Waals surface area contributed by atoms with Crippen LogP contribution in [0.3, 0.4) is 0 Å². The Morgan fingerprint density at radius 2 is 2.13 bits per heavy atom. The van der Waals surface area contributed by atoms with Crippen molar-refractivity contribution in [3.8, 4) is 0 Å². The molecule has 0 saturated carbocycles. The van der Waals surface area contributed by atoms with Gasteiger partial charge in [0, 0.05) is 19.3 Å². The molecule has 1 rings (SSSR count). The van der Waals surface area contributed by atoms with Crippen molar-refractivity contribution in [3.05, 3.63) is 24.0 Å². The molecule has 15 heavy (non-hydrogen) atoms. The Kier molecular flexibility index (Phi) is 4.65. The summed E-state index contributed by atoms with van der Waals surface area (Å²) in [5.41, 5.74) is 0.300. The molecule has 1 heterocycles. The third-order valence-corrected chi connectivity index (χ3v) is 2.70. The maximum Gasteiger partial charge on any atom is 0.0768 e. The second-order valence-corrected chi connectivity index (χ2v) is 3.75. The molecule has 0 amide bonds. The van der Waals surface area contributed by atoms with E-state index < -0.39 is 5.60 Å². The lowest BCUT2D eigenvalue weighted by atomic mass is 9.98. The predicted molar refractivity (Wildman–Crippen MR) is 59.3 cm³/mol. The van der Waals surface area contributed by atoms with E-state index in [4.69, 9.17) is 0 Å². The summed E-state index contributed by atoms with van der Waals surface area (Å²) in [5.74, 6) is 0. The summed E-state index contributed by atoms with van der Waals surface area (Å²) in [5, 5.41) is 20.9. The maximum atomic E-state index is 10.0. The van der Waals surface area contributed by atoms with Gasteiger partial charge in [0.05, 0.1) is 11.3 Å². The van der Waals surface area contributed by atoms with Gasteiger partial charge in [0.1, 0.15) is 0 Å². The van der Waals surface area contributed by atoms with Crippen LogP contribution in [0.4, 0.5) is 0 Å². The van der Waals surface area contributed by atoms with Crippen LogP contribution in [0, 0.1) is 0 Å². The minimum atomic E-state index is -0.595. The van der Waals surface area contributed by atoms with Crippen LogP contribution in [0.1, 0.15) is 32.4 Å². The summed E-state index contributed by atoms with van der Waals surface area (Å²) in [6, 6.07) is 3.77. The van der Waals surface area contributed by atoms with Gasteiger partial charge in [-0.25, -0.2) is 0 Å². The maximum absolute atomic E-state index is 10.0. The van der Waals surface area contributed by atoms with Gasteiger partial charge < -0.3 is 10.4 Å². The van der Waals surface area contributed by atoms with Crippen molar-refractivity contribution >= 4 is 0 Å². The number of aromatic nitrogens is 2. The highest BCUT2D eigenvalue weighted by Gasteiger charge is 2.20. The number of nitrogens with one attached hydrogen (secondary N) is 1. The Morgan fingerprint density at radius 3 is 2.67 bits per heavy atom. The first-order valence-corrected chi connectivity index (χ1v) is 5.40. The van der Waals surface area contributed by atoms with E-state index in [9.17, 15) is 5.11 Å². The monoisotopic (exact) mass is 209 g/mol. The molecular weight excluding hydrogens is 190 g/mol. The van der Waals surface area contributed by atoms with Gasteiger partial charge in [0.25, 0.3) is 0 Å². The zero-order valence-corrected chi connectivity index (χ0v) is 9.40. The van der Waals surface area contributed by atoms with E-state index in [0.717, 1.165) is 18.5 Å². The van der Waals surface area contributed by atoms with Crippen molar-refractivity contribution in [3.63, 3.8) is 0 Å². The minimum Gasteiger partial charge on any atom is -0.389 e. The lowest BCUT2D eigenvalue weighted by molar-refractivity contribution is 0.0322. The SMILES string of the molecule is CCC(O)(CC)CNCc1cccnn1. The molecule has 4 nitrogen and oxygen atoms in total. The van der Waals surface area contributed by atoms with Gasteiger partial charge in [0.15, 0.2) is 0 Å². The average Bonchev–Trinajstić information content (AvgIpc) is 2.30. The Balaban J connectivity index is 2.33. The van der Waals surface area contributed by atoms with E-state index >= 15 is 0 Å². The normalized spacial score (nSPS) is 11.7. The molecule has 0 radical (unpaired) electrons. The fraction of sp³-hybridized carbons (Fsp3) is 0.636. The van der Waals surface area contributed by atoms with E-state index in [1.165, 1.54) is 0 Å². The Bertz CT molecular complexity index is 272. The largest absolute Gasteiger partial charge is 0.389 e. The van der Waals surface area contributed by atoms with Crippen molar-refractivity contribution in [1.82, 2.24) is 15.5 Å². The van der Waals surface area contributed by atoms with Crippen LogP contribution < -0.4 is 5.32 Å². The van der Waals surface area contributed by atoms with Gasteiger partial charge in [-0.1, -0.05) is 13.8 Å². The molecule has 0 spiro atoms. The van der Waals surface area contributed by atoms with Gasteiger partial charge in [-0.2, -0.15) is 10.2 Å². The van der Waals surface area contributed by atoms with Gasteiger partial charge in [-0.3, -0.25) is 0 Å². The molecule has 0 aliphatic rings. The number of rotatable bonds is 6. The highest BCUT2D eigenvalue weighted by atomic mass is 16.3. The van der Waals surface area contributed by atoms with Crippen LogP contribution in [-0.4, -0.2) is 27.4 Å². The second kappa shape index (κ2) is 5.78. The molecule has 0 fully saturated rings. The molecule has 84 valence electrons. The molecular formula is C11H19N3O. The van der Waals surface area contributed by atoms with Crippen LogP contribution >= 0.6 is 0 Å². The summed E-state index contributed by atoms with van der Waals surface area (Å²) in [7, 11) is 0. The molecule has 0 aliphatic heterocycles. The van der Waals surface area contributed by atoms with Crippen LogP contribution in [0.2, 0.25) is 0 Å². The molecule has 0 unspecified atom stereocenters. The Hall–Kier alpha value is -1.00. The number of aliphatic hydroxyl groups is 1. The van der Waals surface area contributed by atoms with Gasteiger partial charge in [-0.05, 0) is 25.0 Å². The topological polar surface area (TPSA) is 58.0 Å². The molecule has 1 aromatic heterocycles. The van der Waals surface area contributed by atoms with Crippen LogP contribution in [0.15, 0.2) is 18.3 Å². The van der Waals surface area contributed by atoms with E-state index in [-0.39, 0.29) is 0 Å². The molecule has 2 N–H and O–H groups in total. The zero-order valence-electron chi connectivity index (χ0n) is 9.40. The highest BCUT2D eigenvalue weighted by molar-refractivity contribution is 4.98. The van der Waals surface area contributed by atoms with E-state index in [0.29, 0.717) is 13.1 Å². The Morgan fingerprint density at radius 1 is 1.40 bits per heavy atom. The third-order valence-electron chi connectivity index (χ3n) is 2.70. The summed E-state index contributed by atoms with van der Waals surface area (Å²) in [4.78, 5) is 0. The number of hydrogen-bond donors (Lipinski definition) is 2. The fourth-order valence-corrected chi connectivity index (χ4v) is 1.35. The predicted octanol–water partition coefficient (Wildman–Crippen LogP) is 1.12. The number of nitrogens with zero attached hydrogens (tertiary/aromatic N) is 2. The minimum absolute atomic E-state index is 0.594. The van der Waals surface area contributed by atoms with Crippen molar-refractivity contribution in [1.29, 1.82) is 0 Å². The quantitative estimate of drug-likeness (QED) is 0.737. The van der Waals surface area contributed by atoms with E-state index in [1.807, 2.05) is 26.0 Å². The fourth-order valence-electron chi connectivity index (χ4n) is 1.35. The van der Waals surface area contributed by atoms with Crippen molar-refractivity contribution in [2.75, 3.05) is 6.54 Å². The van der Waals surface area contributed by atoms with E-state index in [2.05, 4.69) is 15.5 Å². The first kappa shape index (κ1) is 12.1. The second-order valence-electron chi connectivity index (χ2n) is 3.75. The van der Waals surface area contributed by atoms with Crippen LogP contribution in [0.25, 0.3) is 0 Å². The Labute approximate surface area is 90.7 Å². The van der Waals surface area contributed by atoms with Gasteiger partial charge in [0.2, 0.25) is 0 Å². The number of hydrogen-bond acceptors (Lipinski definition) is 4. The molecule has 0 aliphatic carbocycles. The summed E-state index contributed by atoms with van der Waals surface area (Å²) in [6.07, 6.45) is 3.17. The van der Waals surface area contributed by atoms with Gasteiger partial charge in [-0.15, -0.1) is 0 Å². The molecule has 0 aromatic carbocycles. The first-order chi connectivity index (χ1) is 7.20. The molecule has 0 saturated heterocycles. The van der Waals surface area contributed by atoms with Crippen LogP contribution in [0.5, 0.6) is 0 Å². The highest BCUT2D eigenvalue weighted by Crippen LogP contribution is 2.12. The first-order valence-electron chi connectivity index (χ1n) is 5.40. The van der Waals surface area contributed by atoms with Crippen LogP contribution in [-0.2, 0) is 6.54 Å². The third kappa shape index (κ3) is 3.93. The smallest absolute Gasteiger partial charge is 0.0768 e. The lowest BCUT2D eigenvalue weighted by Gasteiger charge is -2.25. The van der Waals surface area contributed by atoms with Crippen molar-refractivity contribution < 1.29 is 5.11 Å². The average molecular weight is 209 g/mol. The molecule has 0 atom stereocenters. The summed E-state index contributed by atoms with van der Waals surface area (Å²) < 4.78 is 0. The molecule has 1 aromatic rings. The standard InChI is InChI=1S/C11H19N3O/c1-3-11(15,4-2)9-12-8-10-6-5-7-13-14-10/h5-7,12,15H,3-4,8-9H2,1-2H3. The molecule has 4 heteroatoms. The molecule has 0 bridgehead atoms. The summed E-state index contributed by atoms with van der Waals surface area (Å²) in [6.45, 7) is 5.23. The van der Waals surface area contributed by atoms with Crippen molar-refractivity contribution in [2.45, 2.75) is 38.8 Å². The zero-order chi connectivity index (χ0) is 11.1. The van der Waals surface area contributed by atoms with Gasteiger partial charge >= 0.3 is 0 Å². The lowest BCUT2D eigenvalue weighted by Crippen LogP contribution is -2.39. The van der Waals surface area contributed by atoms with E-state index in [1.54, 1.807) is 6.20 Å².